The molecule has 0 heteroatoms. The summed E-state index contributed by atoms with van der Waals surface area (Å²) in [6.45, 7) is 11.4. The molecular formula is C15H24. The van der Waals surface area contributed by atoms with Crippen LogP contribution in [0.3, 0.4) is 0 Å². The summed E-state index contributed by atoms with van der Waals surface area (Å²) in [5.41, 5.74) is 5.49. The molecule has 84 valence electrons. The van der Waals surface area contributed by atoms with Crippen molar-refractivity contribution in [3.63, 3.8) is 0 Å². The third kappa shape index (κ3) is 2.35. The fourth-order valence-corrected chi connectivity index (χ4v) is 3.43. The van der Waals surface area contributed by atoms with Crippen molar-refractivity contribution in [2.24, 2.45) is 11.3 Å². The van der Waals surface area contributed by atoms with Gasteiger partial charge in [0.05, 0.1) is 0 Å². The minimum atomic E-state index is 0.534. The lowest BCUT2D eigenvalue weighted by atomic mass is 9.85. The summed E-state index contributed by atoms with van der Waals surface area (Å²) in [6.07, 6.45) is 7.84. The molecule has 0 amide bonds. The first-order chi connectivity index (χ1) is 6.98. The Morgan fingerprint density at radius 2 is 2.00 bits per heavy atom. The van der Waals surface area contributed by atoms with Crippen LogP contribution in [0.5, 0.6) is 0 Å². The van der Waals surface area contributed by atoms with E-state index in [1.807, 2.05) is 0 Å². The van der Waals surface area contributed by atoms with Gasteiger partial charge in [-0.1, -0.05) is 37.1 Å². The van der Waals surface area contributed by atoms with Crippen molar-refractivity contribution >= 4 is 0 Å². The molecule has 0 radical (unpaired) electrons. The number of hydrogen-bond donors (Lipinski definition) is 0. The zero-order valence-electron chi connectivity index (χ0n) is 10.5. The molecule has 0 aromatic rings. The SMILES string of the molecule is C=C1CCC/C(C)=C2/CC(C)(C)CC2C1. The second kappa shape index (κ2) is 3.81. The second-order valence-corrected chi connectivity index (χ2v) is 6.36. The van der Waals surface area contributed by atoms with E-state index in [1.54, 1.807) is 11.1 Å². The predicted octanol–water partition coefficient (Wildman–Crippen LogP) is 4.87. The van der Waals surface area contributed by atoms with Crippen LogP contribution in [-0.2, 0) is 0 Å². The molecule has 2 aliphatic rings. The zero-order chi connectivity index (χ0) is 11.1. The van der Waals surface area contributed by atoms with E-state index >= 15 is 0 Å². The second-order valence-electron chi connectivity index (χ2n) is 6.36. The maximum Gasteiger partial charge on any atom is -0.0158 e. The van der Waals surface area contributed by atoms with Crippen molar-refractivity contribution in [2.75, 3.05) is 0 Å². The summed E-state index contributed by atoms with van der Waals surface area (Å²) >= 11 is 0. The summed E-state index contributed by atoms with van der Waals surface area (Å²) in [5, 5.41) is 0. The lowest BCUT2D eigenvalue weighted by Gasteiger charge is -2.20. The predicted molar refractivity (Wildman–Crippen MR) is 66.8 cm³/mol. The average Bonchev–Trinajstić information content (AvgIpc) is 2.39. The average molecular weight is 204 g/mol. The standard InChI is InChI=1S/C15H24/c1-11-6-5-7-12(2)14-10-15(3,4)9-13(14)8-11/h13H,1,5-10H2,2-4H3/b14-12-. The van der Waals surface area contributed by atoms with Crippen LogP contribution >= 0.6 is 0 Å². The Kier molecular flexibility index (Phi) is 2.79. The molecule has 1 saturated carbocycles. The maximum atomic E-state index is 4.23. The Bertz CT molecular complexity index is 304. The molecule has 1 atom stereocenters. The Morgan fingerprint density at radius 1 is 1.27 bits per heavy atom. The van der Waals surface area contributed by atoms with Gasteiger partial charge in [-0.05, 0) is 56.8 Å². The summed E-state index contributed by atoms with van der Waals surface area (Å²) in [4.78, 5) is 0. The lowest BCUT2D eigenvalue weighted by molar-refractivity contribution is 0.359. The smallest absolute Gasteiger partial charge is 0.0158 e. The molecule has 1 unspecified atom stereocenters. The minimum absolute atomic E-state index is 0.534. The number of rotatable bonds is 0. The van der Waals surface area contributed by atoms with Gasteiger partial charge in [0.15, 0.2) is 0 Å². The first-order valence-corrected chi connectivity index (χ1v) is 6.33. The van der Waals surface area contributed by atoms with Gasteiger partial charge in [0.2, 0.25) is 0 Å². The summed E-state index contributed by atoms with van der Waals surface area (Å²) in [7, 11) is 0. The number of fused-ring (bicyclic) bond motifs is 1. The van der Waals surface area contributed by atoms with E-state index in [4.69, 9.17) is 0 Å². The first-order valence-electron chi connectivity index (χ1n) is 6.33. The van der Waals surface area contributed by atoms with Gasteiger partial charge in [-0.3, -0.25) is 0 Å². The maximum absolute atomic E-state index is 4.23. The van der Waals surface area contributed by atoms with Crippen molar-refractivity contribution in [2.45, 2.75) is 59.3 Å². The van der Waals surface area contributed by atoms with Crippen LogP contribution < -0.4 is 0 Å². The fraction of sp³-hybridized carbons (Fsp3) is 0.733. The van der Waals surface area contributed by atoms with Gasteiger partial charge >= 0.3 is 0 Å². The van der Waals surface area contributed by atoms with E-state index in [1.165, 1.54) is 44.1 Å². The van der Waals surface area contributed by atoms with Crippen LogP contribution in [0, 0.1) is 11.3 Å². The van der Waals surface area contributed by atoms with Crippen LogP contribution in [0.4, 0.5) is 0 Å². The highest BCUT2D eigenvalue weighted by Crippen LogP contribution is 2.49. The third-order valence-corrected chi connectivity index (χ3v) is 4.13. The normalized spacial score (nSPS) is 35.9. The Morgan fingerprint density at radius 3 is 2.73 bits per heavy atom. The molecule has 0 nitrogen and oxygen atoms in total. The first kappa shape index (κ1) is 11.0. The largest absolute Gasteiger partial charge is 0.0998 e. The van der Waals surface area contributed by atoms with Crippen molar-refractivity contribution in [1.29, 1.82) is 0 Å². The van der Waals surface area contributed by atoms with E-state index in [0.29, 0.717) is 5.41 Å². The summed E-state index contributed by atoms with van der Waals surface area (Å²) in [6, 6.07) is 0. The van der Waals surface area contributed by atoms with Crippen molar-refractivity contribution in [1.82, 2.24) is 0 Å². The van der Waals surface area contributed by atoms with Gasteiger partial charge in [0.1, 0.15) is 0 Å². The molecule has 0 spiro atoms. The molecule has 0 N–H and O–H groups in total. The van der Waals surface area contributed by atoms with Crippen LogP contribution in [0.25, 0.3) is 0 Å². The van der Waals surface area contributed by atoms with Gasteiger partial charge in [0, 0.05) is 0 Å². The van der Waals surface area contributed by atoms with Gasteiger partial charge in [-0.25, -0.2) is 0 Å². The van der Waals surface area contributed by atoms with Crippen molar-refractivity contribution in [3.05, 3.63) is 23.3 Å². The van der Waals surface area contributed by atoms with E-state index in [-0.39, 0.29) is 0 Å². The van der Waals surface area contributed by atoms with Crippen molar-refractivity contribution < 1.29 is 0 Å². The fourth-order valence-electron chi connectivity index (χ4n) is 3.43. The van der Waals surface area contributed by atoms with E-state index in [2.05, 4.69) is 27.4 Å². The molecular weight excluding hydrogens is 180 g/mol. The van der Waals surface area contributed by atoms with Crippen LogP contribution in [0.15, 0.2) is 23.3 Å². The molecule has 2 rings (SSSR count). The molecule has 2 aliphatic carbocycles. The highest BCUT2D eigenvalue weighted by atomic mass is 14.4. The van der Waals surface area contributed by atoms with Crippen LogP contribution in [0.2, 0.25) is 0 Å². The molecule has 1 fully saturated rings. The Balaban J connectivity index is 2.27. The minimum Gasteiger partial charge on any atom is -0.0998 e. The summed E-state index contributed by atoms with van der Waals surface area (Å²) in [5.74, 6) is 0.827. The molecule has 0 heterocycles. The monoisotopic (exact) mass is 204 g/mol. The topological polar surface area (TPSA) is 0 Å². The zero-order valence-corrected chi connectivity index (χ0v) is 10.5. The van der Waals surface area contributed by atoms with E-state index < -0.39 is 0 Å². The molecule has 0 bridgehead atoms. The van der Waals surface area contributed by atoms with Crippen LogP contribution in [-0.4, -0.2) is 0 Å². The molecule has 15 heavy (non-hydrogen) atoms. The quantitative estimate of drug-likeness (QED) is 0.494. The highest BCUT2D eigenvalue weighted by Gasteiger charge is 2.36. The third-order valence-electron chi connectivity index (χ3n) is 4.13. The Labute approximate surface area is 94.5 Å². The van der Waals surface area contributed by atoms with Gasteiger partial charge in [-0.2, -0.15) is 0 Å². The van der Waals surface area contributed by atoms with Crippen molar-refractivity contribution in [3.8, 4) is 0 Å². The van der Waals surface area contributed by atoms with Gasteiger partial charge < -0.3 is 0 Å². The summed E-state index contributed by atoms with van der Waals surface area (Å²) < 4.78 is 0. The molecule has 0 saturated heterocycles. The molecule has 0 aliphatic heterocycles. The molecule has 0 aromatic heterocycles. The number of hydrogen-bond acceptors (Lipinski definition) is 0. The van der Waals surface area contributed by atoms with Gasteiger partial charge in [0.25, 0.3) is 0 Å². The van der Waals surface area contributed by atoms with Gasteiger partial charge in [-0.15, -0.1) is 0 Å². The highest BCUT2D eigenvalue weighted by molar-refractivity contribution is 5.25. The molecule has 0 aromatic carbocycles. The Hall–Kier alpha value is -0.520. The number of allylic oxidation sites excluding steroid dienone is 3. The lowest BCUT2D eigenvalue weighted by Crippen LogP contribution is -2.06. The van der Waals surface area contributed by atoms with Crippen LogP contribution in [0.1, 0.15) is 59.3 Å². The van der Waals surface area contributed by atoms with E-state index in [9.17, 15) is 0 Å². The van der Waals surface area contributed by atoms with E-state index in [0.717, 1.165) is 5.92 Å².